The van der Waals surface area contributed by atoms with Crippen molar-refractivity contribution in [1.82, 2.24) is 14.7 Å². The van der Waals surface area contributed by atoms with Crippen LogP contribution in [0.3, 0.4) is 0 Å². The van der Waals surface area contributed by atoms with E-state index in [-0.39, 0.29) is 48.7 Å². The lowest BCUT2D eigenvalue weighted by molar-refractivity contribution is -0.154. The fraction of sp³-hybridized carbons (Fsp3) is 0.792. The zero-order chi connectivity index (χ0) is 24.5. The molecule has 4 fully saturated rings. The summed E-state index contributed by atoms with van der Waals surface area (Å²) >= 11 is 1.63. The van der Waals surface area contributed by atoms with Gasteiger partial charge in [-0.15, -0.1) is 18.3 Å². The van der Waals surface area contributed by atoms with Crippen molar-refractivity contribution in [1.29, 1.82) is 0 Å². The zero-order valence-corrected chi connectivity index (χ0v) is 21.0. The topological polar surface area (TPSA) is 99.6 Å². The Morgan fingerprint density at radius 3 is 2.74 bits per heavy atom. The molecular formula is C24H37N3O6S. The normalized spacial score (nSPS) is 34.9. The maximum Gasteiger partial charge on any atom is 0.310 e. The monoisotopic (exact) mass is 495 g/mol. The van der Waals surface area contributed by atoms with Crippen molar-refractivity contribution in [2.75, 3.05) is 65.7 Å². The number of ether oxygens (including phenoxy) is 2. The summed E-state index contributed by atoms with van der Waals surface area (Å²) in [6.07, 6.45) is 2.48. The van der Waals surface area contributed by atoms with Gasteiger partial charge in [0.1, 0.15) is 6.04 Å². The number of esters is 1. The van der Waals surface area contributed by atoms with E-state index in [4.69, 9.17) is 9.47 Å². The summed E-state index contributed by atoms with van der Waals surface area (Å²) < 4.78 is 10.1. The van der Waals surface area contributed by atoms with Crippen LogP contribution in [0.25, 0.3) is 0 Å². The Balaban J connectivity index is 1.63. The van der Waals surface area contributed by atoms with Crippen LogP contribution in [0.2, 0.25) is 0 Å². The lowest BCUT2D eigenvalue weighted by Gasteiger charge is -2.40. The number of aliphatic hydroxyl groups is 1. The number of carbonyl (C=O) groups is 3. The number of β-amino-alcohol motifs (C(OH)–C–C–N with tert-alkyl or cyclic N) is 1. The molecule has 34 heavy (non-hydrogen) atoms. The number of fused-ring (bicyclic) bond motifs is 1. The van der Waals surface area contributed by atoms with E-state index < -0.39 is 22.6 Å². The van der Waals surface area contributed by atoms with Crippen molar-refractivity contribution in [2.24, 2.45) is 17.8 Å². The maximum absolute atomic E-state index is 14.1. The molecule has 0 saturated carbocycles. The summed E-state index contributed by atoms with van der Waals surface area (Å²) in [7, 11) is 0. The molecule has 0 aromatic heterocycles. The number of aliphatic hydroxyl groups excluding tert-OH is 1. The van der Waals surface area contributed by atoms with Crippen LogP contribution in [0.5, 0.6) is 0 Å². The summed E-state index contributed by atoms with van der Waals surface area (Å²) in [6.45, 7) is 12.4. The van der Waals surface area contributed by atoms with E-state index in [0.717, 1.165) is 26.1 Å². The molecule has 9 nitrogen and oxygen atoms in total. The highest BCUT2D eigenvalue weighted by molar-refractivity contribution is 8.02. The van der Waals surface area contributed by atoms with Gasteiger partial charge in [-0.25, -0.2) is 0 Å². The first-order valence-corrected chi connectivity index (χ1v) is 13.2. The molecule has 0 aromatic rings. The van der Waals surface area contributed by atoms with Gasteiger partial charge < -0.3 is 24.4 Å². The van der Waals surface area contributed by atoms with Crippen LogP contribution in [0, 0.1) is 17.8 Å². The number of nitrogens with zero attached hydrogens (tertiary/aromatic N) is 3. The Hall–Kier alpha value is -1.62. The van der Waals surface area contributed by atoms with E-state index in [1.807, 2.05) is 0 Å². The van der Waals surface area contributed by atoms with Crippen LogP contribution in [0.15, 0.2) is 12.7 Å². The Morgan fingerprint density at radius 1 is 1.35 bits per heavy atom. The largest absolute Gasteiger partial charge is 0.466 e. The van der Waals surface area contributed by atoms with E-state index in [2.05, 4.69) is 18.4 Å². The van der Waals surface area contributed by atoms with Gasteiger partial charge in [-0.2, -0.15) is 0 Å². The molecule has 4 heterocycles. The van der Waals surface area contributed by atoms with Gasteiger partial charge in [-0.3, -0.25) is 19.3 Å². The van der Waals surface area contributed by atoms with E-state index in [1.54, 1.807) is 29.7 Å². The van der Waals surface area contributed by atoms with Crippen LogP contribution in [0.4, 0.5) is 0 Å². The first kappa shape index (κ1) is 25.5. The van der Waals surface area contributed by atoms with Crippen LogP contribution in [-0.4, -0.2) is 119 Å². The fourth-order valence-corrected chi connectivity index (χ4v) is 8.76. The number of hydrogen-bond donors (Lipinski definition) is 1. The number of rotatable bonds is 10. The minimum Gasteiger partial charge on any atom is -0.466 e. The second kappa shape index (κ2) is 10.6. The molecule has 3 unspecified atom stereocenters. The van der Waals surface area contributed by atoms with Crippen LogP contribution >= 0.6 is 11.8 Å². The number of hydrogen-bond acceptors (Lipinski definition) is 8. The summed E-state index contributed by atoms with van der Waals surface area (Å²) in [4.78, 5) is 46.3. The molecule has 4 aliphatic rings. The highest BCUT2D eigenvalue weighted by Crippen LogP contribution is 2.68. The Kier molecular flexibility index (Phi) is 7.91. The van der Waals surface area contributed by atoms with Gasteiger partial charge in [0.15, 0.2) is 0 Å². The molecule has 4 saturated heterocycles. The first-order valence-electron chi connectivity index (χ1n) is 12.4. The van der Waals surface area contributed by atoms with Gasteiger partial charge in [0.05, 0.1) is 43.0 Å². The van der Waals surface area contributed by atoms with Crippen molar-refractivity contribution in [3.63, 3.8) is 0 Å². The third-order valence-corrected chi connectivity index (χ3v) is 9.91. The second-order valence-electron chi connectivity index (χ2n) is 9.59. The quantitative estimate of drug-likeness (QED) is 0.340. The van der Waals surface area contributed by atoms with E-state index in [0.29, 0.717) is 26.3 Å². The second-order valence-corrected chi connectivity index (χ2v) is 11.1. The van der Waals surface area contributed by atoms with Crippen LogP contribution in [-0.2, 0) is 23.9 Å². The number of carbonyl (C=O) groups excluding carboxylic acids is 3. The molecule has 6 atom stereocenters. The van der Waals surface area contributed by atoms with E-state index in [9.17, 15) is 19.5 Å². The van der Waals surface area contributed by atoms with Crippen LogP contribution in [0.1, 0.15) is 20.3 Å². The fourth-order valence-electron chi connectivity index (χ4n) is 6.36. The predicted octanol–water partition coefficient (Wildman–Crippen LogP) is 0.226. The van der Waals surface area contributed by atoms with E-state index >= 15 is 0 Å². The molecule has 4 aliphatic heterocycles. The van der Waals surface area contributed by atoms with E-state index in [1.165, 1.54) is 4.90 Å². The van der Waals surface area contributed by atoms with Gasteiger partial charge >= 0.3 is 5.97 Å². The van der Waals surface area contributed by atoms with Crippen molar-refractivity contribution >= 4 is 29.5 Å². The van der Waals surface area contributed by atoms with Crippen molar-refractivity contribution in [3.05, 3.63) is 12.7 Å². The standard InChI is InChI=1S/C24H37N3O6S/c1-4-6-26(8-7-25-10-13-32-14-11-25)22(30)20-24-16(3)15-17(34-24)18(23(31)33-5-2)19(24)21(29)27(20)9-12-28/h4,16-20,28H,1,5-15H2,2-3H3/t16?,17-,18+,19-,20?,24?/m0/s1. The molecule has 2 bridgehead atoms. The van der Waals surface area contributed by atoms with Gasteiger partial charge in [0.2, 0.25) is 11.8 Å². The average molecular weight is 496 g/mol. The molecule has 0 aromatic carbocycles. The van der Waals surface area contributed by atoms with Crippen LogP contribution < -0.4 is 0 Å². The smallest absolute Gasteiger partial charge is 0.310 e. The summed E-state index contributed by atoms with van der Waals surface area (Å²) in [5, 5.41) is 9.73. The van der Waals surface area contributed by atoms with Gasteiger partial charge in [0, 0.05) is 44.5 Å². The highest BCUT2D eigenvalue weighted by Gasteiger charge is 2.76. The molecule has 0 radical (unpaired) electrons. The molecule has 10 heteroatoms. The lowest BCUT2D eigenvalue weighted by atomic mass is 9.66. The maximum atomic E-state index is 14.1. The molecular weight excluding hydrogens is 458 g/mol. The molecule has 2 amide bonds. The molecule has 1 N–H and O–H groups in total. The van der Waals surface area contributed by atoms with Gasteiger partial charge in [-0.1, -0.05) is 13.0 Å². The summed E-state index contributed by atoms with van der Waals surface area (Å²) in [6, 6.07) is -0.716. The predicted molar refractivity (Wildman–Crippen MR) is 128 cm³/mol. The van der Waals surface area contributed by atoms with Crippen molar-refractivity contribution in [2.45, 2.75) is 36.3 Å². The number of thioether (sulfide) groups is 1. The third-order valence-electron chi connectivity index (χ3n) is 7.83. The summed E-state index contributed by atoms with van der Waals surface area (Å²) in [5.74, 6) is -1.74. The Labute approximate surface area is 205 Å². The van der Waals surface area contributed by atoms with Crippen molar-refractivity contribution < 1.29 is 29.0 Å². The third kappa shape index (κ3) is 4.16. The minimum atomic E-state index is -0.716. The molecule has 0 aliphatic carbocycles. The Morgan fingerprint density at radius 2 is 2.09 bits per heavy atom. The first-order chi connectivity index (χ1) is 16.4. The molecule has 4 rings (SSSR count). The molecule has 1 spiro atoms. The lowest BCUT2D eigenvalue weighted by Crippen LogP contribution is -2.58. The average Bonchev–Trinajstić information content (AvgIpc) is 3.41. The van der Waals surface area contributed by atoms with Gasteiger partial charge in [-0.05, 0) is 19.3 Å². The highest BCUT2D eigenvalue weighted by atomic mass is 32.2. The SMILES string of the molecule is C=CCN(CCN1CCOCC1)C(=O)C1N(CCO)C(=O)[C@@H]2[C@H](C(=O)OCC)[C@@H]3CC(C)C12S3. The summed E-state index contributed by atoms with van der Waals surface area (Å²) in [5.41, 5.74) is 0. The molecule has 190 valence electrons. The number of amides is 2. The number of likely N-dealkylation sites (tertiary alicyclic amines) is 1. The zero-order valence-electron chi connectivity index (χ0n) is 20.2. The minimum absolute atomic E-state index is 0.0317. The number of morpholine rings is 1. The van der Waals surface area contributed by atoms with Gasteiger partial charge in [0.25, 0.3) is 0 Å². The van der Waals surface area contributed by atoms with Crippen molar-refractivity contribution in [3.8, 4) is 0 Å². The Bertz CT molecular complexity index is 806.